The Morgan fingerprint density at radius 1 is 0.774 bits per heavy atom. The number of piperazine rings is 1. The molecule has 0 bridgehead atoms. The van der Waals surface area contributed by atoms with Gasteiger partial charge in [-0.3, -0.25) is 9.80 Å². The topological polar surface area (TPSA) is 35.9 Å². The second-order valence-corrected chi connectivity index (χ2v) is 7.98. The number of aliphatic hydroxyl groups is 1. The lowest BCUT2D eigenvalue weighted by Crippen LogP contribution is -2.50. The number of ether oxygens (including phenoxy) is 1. The van der Waals surface area contributed by atoms with Crippen LogP contribution in [0.15, 0.2) is 84.9 Å². The van der Waals surface area contributed by atoms with Crippen molar-refractivity contribution in [2.75, 3.05) is 39.3 Å². The summed E-state index contributed by atoms with van der Waals surface area (Å²) in [6, 6.07) is 27.4. The van der Waals surface area contributed by atoms with E-state index in [0.717, 1.165) is 26.2 Å². The van der Waals surface area contributed by atoms with E-state index < -0.39 is 6.10 Å². The normalized spacial score (nSPS) is 16.4. The van der Waals surface area contributed by atoms with E-state index in [0.29, 0.717) is 12.3 Å². The Bertz CT molecular complexity index is 874. The van der Waals surface area contributed by atoms with Crippen LogP contribution >= 0.6 is 0 Å². The molecule has 1 N–H and O–H groups in total. The molecule has 1 saturated heterocycles. The van der Waals surface area contributed by atoms with E-state index >= 15 is 0 Å². The summed E-state index contributed by atoms with van der Waals surface area (Å²) in [5, 5.41) is 10.4. The Morgan fingerprint density at radius 3 is 1.87 bits per heavy atom. The average molecular weight is 421 g/mol. The van der Waals surface area contributed by atoms with Crippen LogP contribution in [0.4, 0.5) is 4.39 Å². The molecule has 4 rings (SSSR count). The number of β-amino-alcohol motifs (C(OH)–C–C–N with tert-alkyl or cyclic N) is 1. The molecule has 1 aliphatic heterocycles. The number of rotatable bonds is 8. The largest absolute Gasteiger partial charge is 0.491 e. The maximum absolute atomic E-state index is 13.0. The summed E-state index contributed by atoms with van der Waals surface area (Å²) in [5.74, 6) is 0.272. The van der Waals surface area contributed by atoms with E-state index in [2.05, 4.69) is 70.5 Å². The summed E-state index contributed by atoms with van der Waals surface area (Å²) >= 11 is 0. The number of benzene rings is 3. The van der Waals surface area contributed by atoms with Gasteiger partial charge in [-0.25, -0.2) is 4.39 Å². The first kappa shape index (κ1) is 21.5. The van der Waals surface area contributed by atoms with Crippen LogP contribution in [-0.4, -0.2) is 60.3 Å². The Hall–Kier alpha value is -2.73. The van der Waals surface area contributed by atoms with Crippen LogP contribution in [0.2, 0.25) is 0 Å². The van der Waals surface area contributed by atoms with Crippen molar-refractivity contribution in [2.24, 2.45) is 0 Å². The molecule has 0 spiro atoms. The van der Waals surface area contributed by atoms with E-state index in [1.54, 1.807) is 12.1 Å². The van der Waals surface area contributed by atoms with Crippen LogP contribution in [0, 0.1) is 5.82 Å². The summed E-state index contributed by atoms with van der Waals surface area (Å²) in [4.78, 5) is 4.80. The van der Waals surface area contributed by atoms with Crippen molar-refractivity contribution in [3.63, 3.8) is 0 Å². The van der Waals surface area contributed by atoms with Gasteiger partial charge in [-0.05, 0) is 35.4 Å². The number of aliphatic hydroxyl groups excluding tert-OH is 1. The third kappa shape index (κ3) is 5.91. The van der Waals surface area contributed by atoms with Gasteiger partial charge in [-0.15, -0.1) is 0 Å². The monoisotopic (exact) mass is 420 g/mol. The van der Waals surface area contributed by atoms with Crippen molar-refractivity contribution in [1.82, 2.24) is 9.80 Å². The smallest absolute Gasteiger partial charge is 0.123 e. The summed E-state index contributed by atoms with van der Waals surface area (Å²) in [7, 11) is 0. The molecule has 1 heterocycles. The molecule has 1 aliphatic rings. The average Bonchev–Trinajstić information content (AvgIpc) is 2.81. The van der Waals surface area contributed by atoms with Crippen molar-refractivity contribution in [3.8, 4) is 5.75 Å². The van der Waals surface area contributed by atoms with Gasteiger partial charge in [0.05, 0.1) is 6.04 Å². The zero-order valence-electron chi connectivity index (χ0n) is 17.6. The molecule has 0 unspecified atom stereocenters. The third-order valence-corrected chi connectivity index (χ3v) is 5.73. The molecule has 5 heteroatoms. The fraction of sp³-hybridized carbons (Fsp3) is 0.308. The number of hydrogen-bond donors (Lipinski definition) is 1. The van der Waals surface area contributed by atoms with Crippen LogP contribution in [0.1, 0.15) is 17.2 Å². The first-order valence-electron chi connectivity index (χ1n) is 10.8. The third-order valence-electron chi connectivity index (χ3n) is 5.73. The molecule has 0 aliphatic carbocycles. The summed E-state index contributed by atoms with van der Waals surface area (Å²) < 4.78 is 18.6. The van der Waals surface area contributed by atoms with Crippen LogP contribution in [-0.2, 0) is 0 Å². The minimum Gasteiger partial charge on any atom is -0.491 e. The van der Waals surface area contributed by atoms with Crippen LogP contribution in [0.25, 0.3) is 0 Å². The highest BCUT2D eigenvalue weighted by molar-refractivity contribution is 5.32. The van der Waals surface area contributed by atoms with E-state index in [9.17, 15) is 9.50 Å². The molecule has 31 heavy (non-hydrogen) atoms. The zero-order chi connectivity index (χ0) is 21.5. The Balaban J connectivity index is 1.32. The lowest BCUT2D eigenvalue weighted by atomic mass is 9.96. The summed E-state index contributed by atoms with van der Waals surface area (Å²) in [6.07, 6.45) is -0.587. The molecule has 1 fully saturated rings. The van der Waals surface area contributed by atoms with E-state index in [1.807, 2.05) is 0 Å². The van der Waals surface area contributed by atoms with Crippen LogP contribution < -0.4 is 4.74 Å². The lowest BCUT2D eigenvalue weighted by Gasteiger charge is -2.40. The quantitative estimate of drug-likeness (QED) is 0.598. The van der Waals surface area contributed by atoms with Gasteiger partial charge in [0.1, 0.15) is 24.3 Å². The fourth-order valence-corrected chi connectivity index (χ4v) is 4.16. The molecule has 3 aromatic carbocycles. The first-order valence-corrected chi connectivity index (χ1v) is 10.8. The summed E-state index contributed by atoms with van der Waals surface area (Å²) in [6.45, 7) is 4.41. The highest BCUT2D eigenvalue weighted by Crippen LogP contribution is 2.29. The maximum Gasteiger partial charge on any atom is 0.123 e. The van der Waals surface area contributed by atoms with Gasteiger partial charge in [0.15, 0.2) is 0 Å². The zero-order valence-corrected chi connectivity index (χ0v) is 17.6. The standard InChI is InChI=1S/C26H29FN2O2/c27-23-11-13-25(14-12-23)31-20-24(30)19-28-15-17-29(18-16-28)26(21-7-3-1-4-8-21)22-9-5-2-6-10-22/h1-14,24,26,30H,15-20H2/t24-/m0/s1. The lowest BCUT2D eigenvalue weighted by molar-refractivity contribution is 0.0401. The number of nitrogens with zero attached hydrogens (tertiary/aromatic N) is 2. The molecule has 0 radical (unpaired) electrons. The molecule has 162 valence electrons. The molecule has 3 aromatic rings. The van der Waals surface area contributed by atoms with Gasteiger partial charge < -0.3 is 9.84 Å². The van der Waals surface area contributed by atoms with E-state index in [4.69, 9.17) is 4.74 Å². The van der Waals surface area contributed by atoms with Crippen molar-refractivity contribution in [3.05, 3.63) is 102 Å². The minimum atomic E-state index is -0.587. The number of hydrogen-bond acceptors (Lipinski definition) is 4. The predicted octanol–water partition coefficient (Wildman–Crippen LogP) is 3.97. The van der Waals surface area contributed by atoms with Gasteiger partial charge in [-0.1, -0.05) is 60.7 Å². The van der Waals surface area contributed by atoms with Crippen molar-refractivity contribution >= 4 is 0 Å². The molecular weight excluding hydrogens is 391 g/mol. The molecule has 0 aromatic heterocycles. The predicted molar refractivity (Wildman–Crippen MR) is 121 cm³/mol. The second-order valence-electron chi connectivity index (χ2n) is 7.98. The van der Waals surface area contributed by atoms with E-state index in [1.165, 1.54) is 23.3 Å². The number of halogens is 1. The highest BCUT2D eigenvalue weighted by atomic mass is 19.1. The maximum atomic E-state index is 13.0. The van der Waals surface area contributed by atoms with Crippen LogP contribution in [0.3, 0.4) is 0 Å². The molecule has 0 saturated carbocycles. The Morgan fingerprint density at radius 2 is 1.32 bits per heavy atom. The van der Waals surface area contributed by atoms with Crippen molar-refractivity contribution < 1.29 is 14.2 Å². The van der Waals surface area contributed by atoms with Crippen molar-refractivity contribution in [1.29, 1.82) is 0 Å². The molecule has 1 atom stereocenters. The molecular formula is C26H29FN2O2. The van der Waals surface area contributed by atoms with Crippen LogP contribution in [0.5, 0.6) is 5.75 Å². The van der Waals surface area contributed by atoms with E-state index in [-0.39, 0.29) is 18.5 Å². The molecule has 0 amide bonds. The minimum absolute atomic E-state index is 0.197. The summed E-state index contributed by atoms with van der Waals surface area (Å²) in [5.41, 5.74) is 2.60. The van der Waals surface area contributed by atoms with Gasteiger partial charge in [-0.2, -0.15) is 0 Å². The van der Waals surface area contributed by atoms with Gasteiger partial charge in [0.25, 0.3) is 0 Å². The van der Waals surface area contributed by atoms with Gasteiger partial charge in [0.2, 0.25) is 0 Å². The molecule has 4 nitrogen and oxygen atoms in total. The Kier molecular flexibility index (Phi) is 7.30. The first-order chi connectivity index (χ1) is 15.2. The fourth-order valence-electron chi connectivity index (χ4n) is 4.16. The van der Waals surface area contributed by atoms with Crippen molar-refractivity contribution in [2.45, 2.75) is 12.1 Å². The second kappa shape index (κ2) is 10.5. The van der Waals surface area contributed by atoms with Gasteiger partial charge >= 0.3 is 0 Å². The highest BCUT2D eigenvalue weighted by Gasteiger charge is 2.27. The van der Waals surface area contributed by atoms with Gasteiger partial charge in [0, 0.05) is 32.7 Å². The SMILES string of the molecule is O[C@H](COc1ccc(F)cc1)CN1CCN(C(c2ccccc2)c2ccccc2)CC1. The Labute approximate surface area is 183 Å².